The lowest BCUT2D eigenvalue weighted by atomic mass is 10.4. The maximum Gasteiger partial charge on any atom is 0.311 e. The molecule has 1 heterocycles. The summed E-state index contributed by atoms with van der Waals surface area (Å²) in [5.74, 6) is 0. The van der Waals surface area contributed by atoms with Gasteiger partial charge in [-0.1, -0.05) is 0 Å². The Bertz CT molecular complexity index is 232. The van der Waals surface area contributed by atoms with E-state index in [1.54, 1.807) is 6.92 Å². The number of hydrogen-bond acceptors (Lipinski definition) is 4. The number of aryl methyl sites for hydroxylation is 1. The van der Waals surface area contributed by atoms with Crippen LogP contribution in [0.15, 0.2) is 0 Å². The lowest BCUT2D eigenvalue weighted by Gasteiger charge is -1.81. The Kier molecular flexibility index (Phi) is 1.44. The summed E-state index contributed by atoms with van der Waals surface area (Å²) < 4.78 is 3.68. The molecular formula is C4H3N2O2S. The Morgan fingerprint density at radius 2 is 2.56 bits per heavy atom. The SMILES string of the molecule is Cc1ns[c]c1[N+](=O)[O-]. The van der Waals surface area contributed by atoms with Crippen molar-refractivity contribution in [2.75, 3.05) is 0 Å². The van der Waals surface area contributed by atoms with E-state index in [-0.39, 0.29) is 5.69 Å². The van der Waals surface area contributed by atoms with Crippen LogP contribution in [0.4, 0.5) is 5.69 Å². The van der Waals surface area contributed by atoms with Gasteiger partial charge < -0.3 is 0 Å². The molecule has 0 aliphatic heterocycles. The molecule has 0 atom stereocenters. The Labute approximate surface area is 55.5 Å². The van der Waals surface area contributed by atoms with Crippen LogP contribution in [-0.4, -0.2) is 9.30 Å². The molecule has 1 rings (SSSR count). The molecule has 0 bridgehead atoms. The van der Waals surface area contributed by atoms with Gasteiger partial charge in [0.25, 0.3) is 0 Å². The first-order valence-corrected chi connectivity index (χ1v) is 2.97. The van der Waals surface area contributed by atoms with Crippen LogP contribution in [0.3, 0.4) is 0 Å². The van der Waals surface area contributed by atoms with Gasteiger partial charge in [0.1, 0.15) is 5.69 Å². The van der Waals surface area contributed by atoms with Crippen molar-refractivity contribution in [3.63, 3.8) is 0 Å². The van der Waals surface area contributed by atoms with Gasteiger partial charge in [-0.25, -0.2) is 0 Å². The van der Waals surface area contributed by atoms with Gasteiger partial charge in [-0.2, -0.15) is 4.37 Å². The Morgan fingerprint density at radius 1 is 1.89 bits per heavy atom. The summed E-state index contributed by atoms with van der Waals surface area (Å²) in [4.78, 5) is 9.54. The number of rotatable bonds is 1. The number of nitro groups is 1. The van der Waals surface area contributed by atoms with Crippen LogP contribution < -0.4 is 0 Å². The van der Waals surface area contributed by atoms with Crippen molar-refractivity contribution < 1.29 is 4.92 Å². The van der Waals surface area contributed by atoms with Crippen LogP contribution in [0, 0.1) is 22.4 Å². The quantitative estimate of drug-likeness (QED) is 0.437. The molecule has 0 saturated carbocycles. The fourth-order valence-corrected chi connectivity index (χ4v) is 0.999. The van der Waals surface area contributed by atoms with Gasteiger partial charge in [0, 0.05) is 0 Å². The topological polar surface area (TPSA) is 56.0 Å². The zero-order chi connectivity index (χ0) is 6.85. The average molecular weight is 143 g/mol. The summed E-state index contributed by atoms with van der Waals surface area (Å²) in [7, 11) is 0. The minimum absolute atomic E-state index is 0.0139. The maximum absolute atomic E-state index is 10.0. The van der Waals surface area contributed by atoms with Crippen molar-refractivity contribution in [3.8, 4) is 0 Å². The summed E-state index contributed by atoms with van der Waals surface area (Å²) in [6.45, 7) is 1.59. The van der Waals surface area contributed by atoms with Gasteiger partial charge in [-0.05, 0) is 18.5 Å². The first-order valence-electron chi connectivity index (χ1n) is 2.20. The molecule has 0 saturated heterocycles. The van der Waals surface area contributed by atoms with Crippen LogP contribution in [0.5, 0.6) is 0 Å². The van der Waals surface area contributed by atoms with E-state index in [1.165, 1.54) is 0 Å². The summed E-state index contributed by atoms with van der Waals surface area (Å²) in [6, 6.07) is 0. The van der Waals surface area contributed by atoms with E-state index in [4.69, 9.17) is 0 Å². The van der Waals surface area contributed by atoms with E-state index in [0.717, 1.165) is 11.5 Å². The summed E-state index contributed by atoms with van der Waals surface area (Å²) >= 11 is 0.978. The maximum atomic E-state index is 10.0. The molecule has 9 heavy (non-hydrogen) atoms. The predicted octanol–water partition coefficient (Wildman–Crippen LogP) is 1.16. The van der Waals surface area contributed by atoms with Gasteiger partial charge in [-0.15, -0.1) is 0 Å². The van der Waals surface area contributed by atoms with E-state index in [0.29, 0.717) is 5.69 Å². The highest BCUT2D eigenvalue weighted by Gasteiger charge is 2.11. The normalized spacial score (nSPS) is 9.44. The molecule has 0 fully saturated rings. The average Bonchev–Trinajstić information content (AvgIpc) is 2.13. The van der Waals surface area contributed by atoms with Crippen molar-refractivity contribution in [3.05, 3.63) is 21.2 Å². The van der Waals surface area contributed by atoms with Crippen molar-refractivity contribution >= 4 is 17.2 Å². The van der Waals surface area contributed by atoms with Gasteiger partial charge in [0.15, 0.2) is 5.38 Å². The van der Waals surface area contributed by atoms with Gasteiger partial charge >= 0.3 is 5.69 Å². The van der Waals surface area contributed by atoms with Crippen LogP contribution in [0.2, 0.25) is 0 Å². The van der Waals surface area contributed by atoms with Gasteiger partial charge in [-0.3, -0.25) is 10.1 Å². The molecule has 1 aromatic heterocycles. The zero-order valence-electron chi connectivity index (χ0n) is 4.62. The second kappa shape index (κ2) is 2.10. The zero-order valence-corrected chi connectivity index (χ0v) is 5.44. The number of nitrogens with zero attached hydrogens (tertiary/aromatic N) is 2. The first kappa shape index (κ1) is 6.15. The van der Waals surface area contributed by atoms with Crippen LogP contribution in [0.25, 0.3) is 0 Å². The largest absolute Gasteiger partial charge is 0.311 e. The first-order chi connectivity index (χ1) is 4.22. The molecule has 1 aromatic rings. The molecule has 0 aliphatic carbocycles. The lowest BCUT2D eigenvalue weighted by Crippen LogP contribution is -1.87. The molecule has 0 spiro atoms. The summed E-state index contributed by atoms with van der Waals surface area (Å²) in [6.07, 6.45) is 0. The predicted molar refractivity (Wildman–Crippen MR) is 32.3 cm³/mol. The lowest BCUT2D eigenvalue weighted by molar-refractivity contribution is -0.385. The smallest absolute Gasteiger partial charge is 0.258 e. The third-order valence-corrected chi connectivity index (χ3v) is 1.50. The standard InChI is InChI=1S/C4H3N2O2S/c1-3-4(6(7)8)2-9-5-3/h1H3. The van der Waals surface area contributed by atoms with Crippen LogP contribution >= 0.6 is 11.5 Å². The Balaban J connectivity index is 3.08. The molecule has 0 amide bonds. The van der Waals surface area contributed by atoms with E-state index in [9.17, 15) is 10.1 Å². The van der Waals surface area contributed by atoms with Crippen LogP contribution in [0.1, 0.15) is 5.69 Å². The summed E-state index contributed by atoms with van der Waals surface area (Å²) in [5.41, 5.74) is 0.421. The minimum atomic E-state index is -0.487. The van der Waals surface area contributed by atoms with Crippen molar-refractivity contribution in [2.24, 2.45) is 0 Å². The molecular weight excluding hydrogens is 140 g/mol. The molecule has 0 aromatic carbocycles. The number of hydrogen-bond donors (Lipinski definition) is 0. The minimum Gasteiger partial charge on any atom is -0.258 e. The third kappa shape index (κ3) is 1.05. The molecule has 0 aliphatic rings. The highest BCUT2D eigenvalue weighted by atomic mass is 32.1. The van der Waals surface area contributed by atoms with Crippen LogP contribution in [-0.2, 0) is 0 Å². The molecule has 0 N–H and O–H groups in total. The van der Waals surface area contributed by atoms with Gasteiger partial charge in [0.2, 0.25) is 0 Å². The Morgan fingerprint density at radius 3 is 2.78 bits per heavy atom. The Hall–Kier alpha value is -0.970. The van der Waals surface area contributed by atoms with E-state index >= 15 is 0 Å². The van der Waals surface area contributed by atoms with E-state index < -0.39 is 4.92 Å². The van der Waals surface area contributed by atoms with Crippen molar-refractivity contribution in [2.45, 2.75) is 6.92 Å². The monoisotopic (exact) mass is 143 g/mol. The van der Waals surface area contributed by atoms with Gasteiger partial charge in [0.05, 0.1) is 4.92 Å². The number of aromatic nitrogens is 1. The molecule has 5 heteroatoms. The third-order valence-electron chi connectivity index (χ3n) is 0.850. The fraction of sp³-hybridized carbons (Fsp3) is 0.250. The molecule has 0 unspecified atom stereocenters. The van der Waals surface area contributed by atoms with E-state index in [2.05, 4.69) is 9.75 Å². The van der Waals surface area contributed by atoms with E-state index in [1.807, 2.05) is 0 Å². The summed E-state index contributed by atoms with van der Waals surface area (Å²) in [5, 5.41) is 12.5. The second-order valence-corrected chi connectivity index (χ2v) is 2.05. The van der Waals surface area contributed by atoms with Crippen molar-refractivity contribution in [1.29, 1.82) is 0 Å². The second-order valence-electron chi connectivity index (χ2n) is 1.48. The molecule has 47 valence electrons. The highest BCUT2D eigenvalue weighted by molar-refractivity contribution is 7.03. The molecule has 4 nitrogen and oxygen atoms in total. The molecule has 1 radical (unpaired) electrons. The fourth-order valence-electron chi connectivity index (χ4n) is 0.421. The van der Waals surface area contributed by atoms with Crippen molar-refractivity contribution in [1.82, 2.24) is 4.37 Å². The highest BCUT2D eigenvalue weighted by Crippen LogP contribution is 2.16.